The van der Waals surface area contributed by atoms with Crippen LogP contribution in [0.1, 0.15) is 63.7 Å². The first kappa shape index (κ1) is 36.0. The van der Waals surface area contributed by atoms with E-state index in [4.69, 9.17) is 9.47 Å². The standard InChI is InChI=1S/C35H46N2O7/c1-6-14-27(21-31(39)37-29(24-38)20-25-16-10-8-11-17-25)33(41)36-23-30(26-18-12-9-13-19-26)43-34(42)28(15-7-2)22-32(40)44-35(3,4)5/h6-13,16-19,27-30,38H,1-2,14-15,20-24H2,3-5H3,(H,36,41)(H,37,39)/t27-,28-,29+,30+/m0/s1. The van der Waals surface area contributed by atoms with Crippen LogP contribution in [0.25, 0.3) is 0 Å². The van der Waals surface area contributed by atoms with Gasteiger partial charge in [0.2, 0.25) is 11.8 Å². The number of hydrogen-bond donors (Lipinski definition) is 3. The fourth-order valence-corrected chi connectivity index (χ4v) is 4.57. The fraction of sp³-hybridized carbons (Fsp3) is 0.429. The molecule has 2 rings (SSSR count). The van der Waals surface area contributed by atoms with Crippen molar-refractivity contribution in [3.05, 3.63) is 97.1 Å². The van der Waals surface area contributed by atoms with Crippen LogP contribution in [0.3, 0.4) is 0 Å². The molecule has 2 aromatic carbocycles. The fourth-order valence-electron chi connectivity index (χ4n) is 4.57. The molecule has 44 heavy (non-hydrogen) atoms. The van der Waals surface area contributed by atoms with Crippen LogP contribution in [0.5, 0.6) is 0 Å². The van der Waals surface area contributed by atoms with Gasteiger partial charge < -0.3 is 25.2 Å². The normalized spacial score (nSPS) is 13.8. The lowest BCUT2D eigenvalue weighted by molar-refractivity contribution is -0.164. The number of allylic oxidation sites excluding steroid dienone is 2. The van der Waals surface area contributed by atoms with Gasteiger partial charge >= 0.3 is 11.9 Å². The number of carbonyl (C=O) groups is 4. The van der Waals surface area contributed by atoms with Gasteiger partial charge in [-0.05, 0) is 51.2 Å². The van der Waals surface area contributed by atoms with Gasteiger partial charge in [0.05, 0.1) is 37.5 Å². The Kier molecular flexibility index (Phi) is 15.1. The highest BCUT2D eigenvalue weighted by Crippen LogP contribution is 2.23. The number of benzene rings is 2. The van der Waals surface area contributed by atoms with Crippen molar-refractivity contribution < 1.29 is 33.8 Å². The second kappa shape index (κ2) is 18.4. The number of rotatable bonds is 18. The van der Waals surface area contributed by atoms with Crippen molar-refractivity contribution in [2.24, 2.45) is 11.8 Å². The number of carbonyl (C=O) groups excluding carboxylic acids is 4. The monoisotopic (exact) mass is 606 g/mol. The van der Waals surface area contributed by atoms with E-state index >= 15 is 0 Å². The summed E-state index contributed by atoms with van der Waals surface area (Å²) in [5.41, 5.74) is 0.923. The van der Waals surface area contributed by atoms with Crippen LogP contribution in [0.4, 0.5) is 0 Å². The summed E-state index contributed by atoms with van der Waals surface area (Å²) in [4.78, 5) is 51.8. The molecule has 0 bridgehead atoms. The lowest BCUT2D eigenvalue weighted by Crippen LogP contribution is -2.42. The lowest BCUT2D eigenvalue weighted by Gasteiger charge is -2.24. The van der Waals surface area contributed by atoms with E-state index in [9.17, 15) is 24.3 Å². The number of ether oxygens (including phenoxy) is 2. The van der Waals surface area contributed by atoms with Crippen molar-refractivity contribution in [3.8, 4) is 0 Å². The van der Waals surface area contributed by atoms with Crippen molar-refractivity contribution in [2.45, 2.75) is 70.6 Å². The zero-order valence-electron chi connectivity index (χ0n) is 26.0. The maximum atomic E-state index is 13.2. The zero-order valence-corrected chi connectivity index (χ0v) is 26.0. The van der Waals surface area contributed by atoms with Gasteiger partial charge in [-0.2, -0.15) is 0 Å². The molecule has 3 N–H and O–H groups in total. The van der Waals surface area contributed by atoms with Gasteiger partial charge in [0.15, 0.2) is 0 Å². The first-order valence-electron chi connectivity index (χ1n) is 14.9. The molecular formula is C35H46N2O7. The Balaban J connectivity index is 2.08. The van der Waals surface area contributed by atoms with Gasteiger partial charge in [-0.25, -0.2) is 0 Å². The molecule has 238 valence electrons. The predicted molar refractivity (Wildman–Crippen MR) is 169 cm³/mol. The maximum absolute atomic E-state index is 13.2. The van der Waals surface area contributed by atoms with Crippen molar-refractivity contribution in [3.63, 3.8) is 0 Å². The molecule has 0 unspecified atom stereocenters. The number of aliphatic hydroxyl groups is 1. The van der Waals surface area contributed by atoms with E-state index in [1.807, 2.05) is 36.4 Å². The molecule has 0 aliphatic carbocycles. The van der Waals surface area contributed by atoms with E-state index < -0.39 is 47.4 Å². The molecule has 0 heterocycles. The summed E-state index contributed by atoms with van der Waals surface area (Å²) in [7, 11) is 0. The van der Waals surface area contributed by atoms with Gasteiger partial charge in [0.25, 0.3) is 0 Å². The largest absolute Gasteiger partial charge is 0.460 e. The van der Waals surface area contributed by atoms with E-state index in [-0.39, 0.29) is 44.7 Å². The predicted octanol–water partition coefficient (Wildman–Crippen LogP) is 4.61. The van der Waals surface area contributed by atoms with Gasteiger partial charge in [0.1, 0.15) is 11.7 Å². The quantitative estimate of drug-likeness (QED) is 0.167. The Labute approximate surface area is 260 Å². The minimum atomic E-state index is -0.846. The van der Waals surface area contributed by atoms with Crippen LogP contribution in [-0.2, 0) is 35.1 Å². The van der Waals surface area contributed by atoms with Crippen LogP contribution in [0, 0.1) is 11.8 Å². The van der Waals surface area contributed by atoms with Crippen molar-refractivity contribution in [2.75, 3.05) is 13.2 Å². The van der Waals surface area contributed by atoms with Gasteiger partial charge in [-0.3, -0.25) is 19.2 Å². The summed E-state index contributed by atoms with van der Waals surface area (Å²) in [6.07, 6.45) is 2.88. The molecule has 9 nitrogen and oxygen atoms in total. The minimum Gasteiger partial charge on any atom is -0.460 e. The highest BCUT2D eigenvalue weighted by molar-refractivity contribution is 5.86. The number of esters is 2. The molecule has 4 atom stereocenters. The number of amides is 2. The molecule has 0 radical (unpaired) electrons. The first-order valence-corrected chi connectivity index (χ1v) is 14.9. The molecule has 0 aliphatic rings. The van der Waals surface area contributed by atoms with Gasteiger partial charge in [-0.1, -0.05) is 72.8 Å². The van der Waals surface area contributed by atoms with Crippen LogP contribution in [0.2, 0.25) is 0 Å². The third-order valence-electron chi connectivity index (χ3n) is 6.67. The molecular weight excluding hydrogens is 560 g/mol. The number of hydrogen-bond acceptors (Lipinski definition) is 7. The van der Waals surface area contributed by atoms with E-state index in [0.29, 0.717) is 12.0 Å². The third kappa shape index (κ3) is 13.4. The van der Waals surface area contributed by atoms with Crippen molar-refractivity contribution in [1.29, 1.82) is 0 Å². The summed E-state index contributed by atoms with van der Waals surface area (Å²) in [5.74, 6) is -3.45. The summed E-state index contributed by atoms with van der Waals surface area (Å²) in [6, 6.07) is 17.9. The van der Waals surface area contributed by atoms with Crippen LogP contribution < -0.4 is 10.6 Å². The summed E-state index contributed by atoms with van der Waals surface area (Å²) in [6.45, 7) is 12.4. The molecule has 0 aliphatic heterocycles. The molecule has 2 aromatic rings. The van der Waals surface area contributed by atoms with E-state index in [1.165, 1.54) is 0 Å². The van der Waals surface area contributed by atoms with Crippen LogP contribution in [-0.4, -0.2) is 53.7 Å². The Bertz CT molecular complexity index is 1220. The molecule has 0 fully saturated rings. The Hall–Kier alpha value is -4.24. The first-order chi connectivity index (χ1) is 20.9. The van der Waals surface area contributed by atoms with E-state index in [2.05, 4.69) is 23.8 Å². The van der Waals surface area contributed by atoms with Gasteiger partial charge in [0, 0.05) is 6.42 Å². The average molecular weight is 607 g/mol. The van der Waals surface area contributed by atoms with Crippen molar-refractivity contribution in [1.82, 2.24) is 10.6 Å². The highest BCUT2D eigenvalue weighted by Gasteiger charge is 2.29. The minimum absolute atomic E-state index is 0.0512. The zero-order chi connectivity index (χ0) is 32.5. The molecule has 0 saturated heterocycles. The van der Waals surface area contributed by atoms with E-state index in [0.717, 1.165) is 5.56 Å². The number of nitrogens with one attached hydrogen (secondary N) is 2. The molecule has 0 aromatic heterocycles. The lowest BCUT2D eigenvalue weighted by atomic mass is 9.98. The van der Waals surface area contributed by atoms with Gasteiger partial charge in [-0.15, -0.1) is 13.2 Å². The molecule has 2 amide bonds. The summed E-state index contributed by atoms with van der Waals surface area (Å²) >= 11 is 0. The second-order valence-electron chi connectivity index (χ2n) is 11.7. The molecule has 0 saturated carbocycles. The second-order valence-corrected chi connectivity index (χ2v) is 11.7. The smallest absolute Gasteiger partial charge is 0.310 e. The van der Waals surface area contributed by atoms with E-state index in [1.54, 1.807) is 57.2 Å². The SMILES string of the molecule is C=CC[C@@H](CC(=O)N[C@@H](CO)Cc1ccccc1)C(=O)NC[C@@H](OC(=O)[C@@H](CC=C)CC(=O)OC(C)(C)C)c1ccccc1. The topological polar surface area (TPSA) is 131 Å². The number of aliphatic hydroxyl groups excluding tert-OH is 1. The van der Waals surface area contributed by atoms with Crippen LogP contribution in [0.15, 0.2) is 86.0 Å². The summed E-state index contributed by atoms with van der Waals surface area (Å²) in [5, 5.41) is 15.4. The summed E-state index contributed by atoms with van der Waals surface area (Å²) < 4.78 is 11.2. The molecule has 0 spiro atoms. The molecule has 9 heteroatoms. The third-order valence-corrected chi connectivity index (χ3v) is 6.67. The van der Waals surface area contributed by atoms with Crippen molar-refractivity contribution >= 4 is 23.8 Å². The average Bonchev–Trinajstić information content (AvgIpc) is 2.98. The Morgan fingerprint density at radius 1 is 0.886 bits per heavy atom. The Morgan fingerprint density at radius 2 is 1.48 bits per heavy atom. The Morgan fingerprint density at radius 3 is 2.05 bits per heavy atom. The highest BCUT2D eigenvalue weighted by atomic mass is 16.6. The van der Waals surface area contributed by atoms with Crippen LogP contribution >= 0.6 is 0 Å². The maximum Gasteiger partial charge on any atom is 0.310 e.